The fraction of sp³-hybridized carbons (Fsp3) is 0.385. The van der Waals surface area contributed by atoms with Crippen LogP contribution in [-0.2, 0) is 9.53 Å². The summed E-state index contributed by atoms with van der Waals surface area (Å²) >= 11 is 1.39. The van der Waals surface area contributed by atoms with Crippen LogP contribution in [0.4, 0.5) is 0 Å². The van der Waals surface area contributed by atoms with E-state index in [9.17, 15) is 4.79 Å². The normalized spacial score (nSPS) is 10.4. The van der Waals surface area contributed by atoms with Crippen LogP contribution in [0, 0.1) is 6.92 Å². The number of esters is 1. The highest BCUT2D eigenvalue weighted by Crippen LogP contribution is 2.27. The van der Waals surface area contributed by atoms with Gasteiger partial charge < -0.3 is 9.47 Å². The van der Waals surface area contributed by atoms with E-state index in [2.05, 4.69) is 20.3 Å². The molecule has 0 fully saturated rings. The van der Waals surface area contributed by atoms with Gasteiger partial charge in [-0.25, -0.2) is 0 Å². The first kappa shape index (κ1) is 15.3. The van der Waals surface area contributed by atoms with Crippen molar-refractivity contribution in [2.75, 3.05) is 20.0 Å². The van der Waals surface area contributed by atoms with Gasteiger partial charge >= 0.3 is 5.97 Å². The molecule has 21 heavy (non-hydrogen) atoms. The maximum atomic E-state index is 11.1. The van der Waals surface area contributed by atoms with Gasteiger partial charge in [-0.1, -0.05) is 17.8 Å². The Labute approximate surface area is 126 Å². The van der Waals surface area contributed by atoms with E-state index in [1.165, 1.54) is 18.9 Å². The van der Waals surface area contributed by atoms with E-state index in [4.69, 9.17) is 4.74 Å². The van der Waals surface area contributed by atoms with Gasteiger partial charge in [-0.15, -0.1) is 5.10 Å². The summed E-state index contributed by atoms with van der Waals surface area (Å²) in [6.45, 7) is 1.98. The van der Waals surface area contributed by atoms with Gasteiger partial charge in [-0.05, 0) is 35.0 Å². The van der Waals surface area contributed by atoms with Crippen LogP contribution in [0.3, 0.4) is 0 Å². The average molecular weight is 308 g/mol. The third-order valence-corrected chi connectivity index (χ3v) is 3.69. The largest absolute Gasteiger partial charge is 0.494 e. The number of aromatic nitrogens is 4. The topological polar surface area (TPSA) is 79.1 Å². The molecule has 2 rings (SSSR count). The summed E-state index contributed by atoms with van der Waals surface area (Å²) in [5.41, 5.74) is 1.84. The number of hydrogen-bond donors (Lipinski definition) is 0. The monoisotopic (exact) mass is 308 g/mol. The Balaban J connectivity index is 2.20. The molecule has 0 aliphatic rings. The lowest BCUT2D eigenvalue weighted by molar-refractivity contribution is -0.140. The molecule has 0 saturated carbocycles. The van der Waals surface area contributed by atoms with Crippen LogP contribution in [-0.4, -0.2) is 46.1 Å². The zero-order valence-corrected chi connectivity index (χ0v) is 12.9. The van der Waals surface area contributed by atoms with Crippen molar-refractivity contribution in [2.24, 2.45) is 0 Å². The van der Waals surface area contributed by atoms with E-state index in [0.29, 0.717) is 23.1 Å². The molecule has 1 aromatic carbocycles. The molecule has 1 heterocycles. The summed E-state index contributed by atoms with van der Waals surface area (Å²) in [5, 5.41) is 12.3. The average Bonchev–Trinajstić information content (AvgIpc) is 2.95. The lowest BCUT2D eigenvalue weighted by Crippen LogP contribution is -2.04. The Morgan fingerprint density at radius 3 is 2.90 bits per heavy atom. The van der Waals surface area contributed by atoms with Crippen molar-refractivity contribution < 1.29 is 14.3 Å². The van der Waals surface area contributed by atoms with Gasteiger partial charge in [0.05, 0.1) is 20.6 Å². The molecule has 0 spiro atoms. The number of benzene rings is 1. The number of thioether (sulfide) groups is 1. The highest BCUT2D eigenvalue weighted by atomic mass is 32.2. The highest BCUT2D eigenvalue weighted by Gasteiger charge is 2.14. The molecule has 0 aliphatic heterocycles. The van der Waals surface area contributed by atoms with Gasteiger partial charge in [0.2, 0.25) is 5.16 Å². The van der Waals surface area contributed by atoms with Gasteiger partial charge in [-0.3, -0.25) is 4.79 Å². The van der Waals surface area contributed by atoms with Gasteiger partial charge in [0.25, 0.3) is 0 Å². The quantitative estimate of drug-likeness (QED) is 0.593. The summed E-state index contributed by atoms with van der Waals surface area (Å²) in [7, 11) is 2.97. The molecule has 0 saturated heterocycles. The standard InChI is InChI=1S/C13H16N4O3S/c1-9-4-5-11(19-2)10(8-9)17-13(14-15-16-17)21-7-6-12(18)20-3/h4-5,8H,6-7H2,1-3H3. The number of tetrazole rings is 1. The molecule has 0 aliphatic carbocycles. The van der Waals surface area contributed by atoms with E-state index in [0.717, 1.165) is 11.3 Å². The SMILES string of the molecule is COC(=O)CCSc1nnnn1-c1cc(C)ccc1OC. The molecule has 8 heteroatoms. The second-order valence-corrected chi connectivity index (χ2v) is 5.29. The minimum Gasteiger partial charge on any atom is -0.494 e. The Morgan fingerprint density at radius 1 is 1.38 bits per heavy atom. The number of carbonyl (C=O) groups excluding carboxylic acids is 1. The lowest BCUT2D eigenvalue weighted by Gasteiger charge is -2.10. The van der Waals surface area contributed by atoms with Crippen LogP contribution in [0.5, 0.6) is 5.75 Å². The second-order valence-electron chi connectivity index (χ2n) is 4.22. The number of methoxy groups -OCH3 is 2. The van der Waals surface area contributed by atoms with Crippen molar-refractivity contribution in [3.8, 4) is 11.4 Å². The van der Waals surface area contributed by atoms with Crippen molar-refractivity contribution in [1.82, 2.24) is 20.2 Å². The molecule has 1 aromatic heterocycles. The molecule has 0 atom stereocenters. The van der Waals surface area contributed by atoms with E-state index in [1.54, 1.807) is 11.8 Å². The van der Waals surface area contributed by atoms with Crippen molar-refractivity contribution in [2.45, 2.75) is 18.5 Å². The van der Waals surface area contributed by atoms with Crippen molar-refractivity contribution >= 4 is 17.7 Å². The fourth-order valence-electron chi connectivity index (χ4n) is 1.71. The molecule has 0 amide bonds. The van der Waals surface area contributed by atoms with Crippen molar-refractivity contribution in [3.05, 3.63) is 23.8 Å². The van der Waals surface area contributed by atoms with Crippen LogP contribution < -0.4 is 4.74 Å². The molecule has 2 aromatic rings. The minimum atomic E-state index is -0.255. The van der Waals surface area contributed by atoms with E-state index in [-0.39, 0.29) is 5.97 Å². The number of ether oxygens (including phenoxy) is 2. The third-order valence-electron chi connectivity index (χ3n) is 2.77. The molecule has 0 radical (unpaired) electrons. The molecular weight excluding hydrogens is 292 g/mol. The van der Waals surface area contributed by atoms with Gasteiger partial charge in [0.15, 0.2) is 0 Å². The Bertz CT molecular complexity index is 630. The maximum absolute atomic E-state index is 11.1. The molecule has 7 nitrogen and oxygen atoms in total. The van der Waals surface area contributed by atoms with Crippen LogP contribution in [0.25, 0.3) is 5.69 Å². The summed E-state index contributed by atoms with van der Waals surface area (Å²) in [6, 6.07) is 5.77. The van der Waals surface area contributed by atoms with Crippen molar-refractivity contribution in [1.29, 1.82) is 0 Å². The fourth-order valence-corrected chi connectivity index (χ4v) is 2.52. The smallest absolute Gasteiger partial charge is 0.306 e. The van der Waals surface area contributed by atoms with E-state index >= 15 is 0 Å². The van der Waals surface area contributed by atoms with E-state index < -0.39 is 0 Å². The first-order chi connectivity index (χ1) is 10.2. The molecule has 0 bridgehead atoms. The van der Waals surface area contributed by atoms with Gasteiger partial charge in [0.1, 0.15) is 11.4 Å². The minimum absolute atomic E-state index is 0.255. The zero-order valence-electron chi connectivity index (χ0n) is 12.1. The van der Waals surface area contributed by atoms with Crippen LogP contribution >= 0.6 is 11.8 Å². The predicted octanol–water partition coefficient (Wildman–Crippen LogP) is 1.63. The molecule has 0 N–H and O–H groups in total. The van der Waals surface area contributed by atoms with Crippen LogP contribution in [0.15, 0.2) is 23.4 Å². The van der Waals surface area contributed by atoms with Gasteiger partial charge in [-0.2, -0.15) is 4.68 Å². The molecule has 112 valence electrons. The summed E-state index contributed by atoms with van der Waals surface area (Å²) in [6.07, 6.45) is 0.305. The Hall–Kier alpha value is -2.09. The number of carbonyl (C=O) groups is 1. The lowest BCUT2D eigenvalue weighted by atomic mass is 10.2. The first-order valence-corrected chi connectivity index (χ1v) is 7.27. The predicted molar refractivity (Wildman–Crippen MR) is 77.8 cm³/mol. The molecular formula is C13H16N4O3S. The maximum Gasteiger partial charge on any atom is 0.306 e. The molecule has 0 unspecified atom stereocenters. The van der Waals surface area contributed by atoms with Crippen LogP contribution in [0.1, 0.15) is 12.0 Å². The third kappa shape index (κ3) is 3.72. The summed E-state index contributed by atoms with van der Waals surface area (Å²) in [5.74, 6) is 0.971. The second kappa shape index (κ2) is 7.07. The number of hydrogen-bond acceptors (Lipinski definition) is 7. The summed E-state index contributed by atoms with van der Waals surface area (Å²) < 4.78 is 11.6. The van der Waals surface area contributed by atoms with E-state index in [1.807, 2.05) is 25.1 Å². The highest BCUT2D eigenvalue weighted by molar-refractivity contribution is 7.99. The van der Waals surface area contributed by atoms with Crippen molar-refractivity contribution in [3.63, 3.8) is 0 Å². The summed E-state index contributed by atoms with van der Waals surface area (Å²) in [4.78, 5) is 11.1. The Morgan fingerprint density at radius 2 is 2.19 bits per heavy atom. The number of nitrogens with zero attached hydrogens (tertiary/aromatic N) is 4. The van der Waals surface area contributed by atoms with Crippen LogP contribution in [0.2, 0.25) is 0 Å². The first-order valence-electron chi connectivity index (χ1n) is 6.28. The number of rotatable bonds is 6. The Kier molecular flexibility index (Phi) is 5.15. The zero-order chi connectivity index (χ0) is 15.2. The number of aryl methyl sites for hydroxylation is 1. The van der Waals surface area contributed by atoms with Gasteiger partial charge in [0, 0.05) is 5.75 Å².